The molecule has 4 aromatic rings. The van der Waals surface area contributed by atoms with E-state index in [0.29, 0.717) is 39.8 Å². The SMILES string of the molecule is COc1cc2nccc(Oc3ccc(N(Cc4ccc(F)cc4)C(=O)O)cc3)c2cc1OC. The van der Waals surface area contributed by atoms with Gasteiger partial charge in [-0.2, -0.15) is 0 Å². The summed E-state index contributed by atoms with van der Waals surface area (Å²) in [7, 11) is 3.11. The number of carbonyl (C=O) groups is 1. The van der Waals surface area contributed by atoms with Crippen LogP contribution < -0.4 is 19.1 Å². The quantitative estimate of drug-likeness (QED) is 0.381. The Morgan fingerprint density at radius 1 is 0.939 bits per heavy atom. The highest BCUT2D eigenvalue weighted by molar-refractivity contribution is 5.88. The van der Waals surface area contributed by atoms with Crippen molar-refractivity contribution in [3.05, 3.63) is 84.3 Å². The van der Waals surface area contributed by atoms with E-state index in [0.717, 1.165) is 5.39 Å². The van der Waals surface area contributed by atoms with Gasteiger partial charge in [-0.05, 0) is 54.1 Å². The van der Waals surface area contributed by atoms with E-state index in [9.17, 15) is 14.3 Å². The maximum Gasteiger partial charge on any atom is 0.412 e. The van der Waals surface area contributed by atoms with Crippen LogP contribution >= 0.6 is 0 Å². The maximum atomic E-state index is 13.1. The molecule has 3 aromatic carbocycles. The summed E-state index contributed by atoms with van der Waals surface area (Å²) in [4.78, 5) is 17.3. The molecule has 4 rings (SSSR count). The second-order valence-corrected chi connectivity index (χ2v) is 7.12. The van der Waals surface area contributed by atoms with E-state index < -0.39 is 6.09 Å². The number of hydrogen-bond acceptors (Lipinski definition) is 5. The van der Waals surface area contributed by atoms with E-state index in [1.807, 2.05) is 0 Å². The zero-order valence-electron chi connectivity index (χ0n) is 18.0. The highest BCUT2D eigenvalue weighted by Gasteiger charge is 2.16. The van der Waals surface area contributed by atoms with Crippen LogP contribution in [0.25, 0.3) is 10.9 Å². The fourth-order valence-corrected chi connectivity index (χ4v) is 3.40. The normalized spacial score (nSPS) is 10.6. The van der Waals surface area contributed by atoms with Crippen LogP contribution in [0.5, 0.6) is 23.0 Å². The average molecular weight is 448 g/mol. The van der Waals surface area contributed by atoms with Gasteiger partial charge in [0.25, 0.3) is 0 Å². The monoisotopic (exact) mass is 448 g/mol. The molecule has 1 aromatic heterocycles. The van der Waals surface area contributed by atoms with Gasteiger partial charge in [0.05, 0.1) is 26.3 Å². The Hall–Kier alpha value is -4.33. The molecule has 0 atom stereocenters. The Morgan fingerprint density at radius 2 is 1.61 bits per heavy atom. The molecular weight excluding hydrogens is 427 g/mol. The molecular formula is C25H21FN2O5. The van der Waals surface area contributed by atoms with Gasteiger partial charge in [0.15, 0.2) is 11.5 Å². The molecule has 7 nitrogen and oxygen atoms in total. The molecule has 0 saturated carbocycles. The van der Waals surface area contributed by atoms with E-state index in [1.54, 1.807) is 75.0 Å². The fourth-order valence-electron chi connectivity index (χ4n) is 3.40. The van der Waals surface area contributed by atoms with Crippen LogP contribution in [0.15, 0.2) is 72.9 Å². The number of hydrogen-bond donors (Lipinski definition) is 1. The van der Waals surface area contributed by atoms with E-state index in [-0.39, 0.29) is 12.4 Å². The highest BCUT2D eigenvalue weighted by Crippen LogP contribution is 2.37. The predicted octanol–water partition coefficient (Wildman–Crippen LogP) is 5.87. The third-order valence-corrected chi connectivity index (χ3v) is 5.07. The molecule has 0 aliphatic carbocycles. The summed E-state index contributed by atoms with van der Waals surface area (Å²) in [5.74, 6) is 1.83. The van der Waals surface area contributed by atoms with E-state index in [1.165, 1.54) is 17.0 Å². The molecule has 1 heterocycles. The minimum absolute atomic E-state index is 0.0897. The highest BCUT2D eigenvalue weighted by atomic mass is 19.1. The Bertz CT molecular complexity index is 1280. The summed E-state index contributed by atoms with van der Waals surface area (Å²) in [6, 6.07) is 17.7. The van der Waals surface area contributed by atoms with Crippen LogP contribution in [0.2, 0.25) is 0 Å². The van der Waals surface area contributed by atoms with E-state index >= 15 is 0 Å². The van der Waals surface area contributed by atoms with Crippen molar-refractivity contribution < 1.29 is 28.5 Å². The van der Waals surface area contributed by atoms with Crippen LogP contribution in [0.3, 0.4) is 0 Å². The van der Waals surface area contributed by atoms with Gasteiger partial charge in [0.2, 0.25) is 0 Å². The van der Waals surface area contributed by atoms with Crippen molar-refractivity contribution >= 4 is 22.7 Å². The summed E-state index contributed by atoms with van der Waals surface area (Å²) < 4.78 is 29.9. The number of ether oxygens (including phenoxy) is 3. The Kier molecular flexibility index (Phi) is 6.26. The van der Waals surface area contributed by atoms with Gasteiger partial charge < -0.3 is 19.3 Å². The van der Waals surface area contributed by atoms with Gasteiger partial charge in [0.1, 0.15) is 17.3 Å². The van der Waals surface area contributed by atoms with Gasteiger partial charge in [-0.1, -0.05) is 12.1 Å². The lowest BCUT2D eigenvalue weighted by molar-refractivity contribution is 0.201. The lowest BCUT2D eigenvalue weighted by atomic mass is 10.1. The van der Waals surface area contributed by atoms with Crippen LogP contribution in [-0.4, -0.2) is 30.4 Å². The smallest absolute Gasteiger partial charge is 0.412 e. The van der Waals surface area contributed by atoms with Crippen molar-refractivity contribution in [3.63, 3.8) is 0 Å². The first-order chi connectivity index (χ1) is 16.0. The van der Waals surface area contributed by atoms with Crippen LogP contribution in [-0.2, 0) is 6.54 Å². The molecule has 0 aliphatic rings. The number of fused-ring (bicyclic) bond motifs is 1. The molecule has 0 bridgehead atoms. The molecule has 1 amide bonds. The maximum absolute atomic E-state index is 13.1. The van der Waals surface area contributed by atoms with E-state index in [2.05, 4.69) is 4.98 Å². The number of carboxylic acid groups (broad SMARTS) is 1. The average Bonchev–Trinajstić information content (AvgIpc) is 2.83. The fraction of sp³-hybridized carbons (Fsp3) is 0.120. The minimum Gasteiger partial charge on any atom is -0.493 e. The Morgan fingerprint density at radius 3 is 2.24 bits per heavy atom. The molecule has 168 valence electrons. The van der Waals surface area contributed by atoms with Gasteiger partial charge in [-0.15, -0.1) is 0 Å². The molecule has 0 spiro atoms. The molecule has 0 fully saturated rings. The first-order valence-corrected chi connectivity index (χ1v) is 10.0. The molecule has 0 unspecified atom stereocenters. The number of amides is 1. The Balaban J connectivity index is 1.58. The van der Waals surface area contributed by atoms with Gasteiger partial charge in [-0.25, -0.2) is 9.18 Å². The van der Waals surface area contributed by atoms with E-state index in [4.69, 9.17) is 14.2 Å². The first-order valence-electron chi connectivity index (χ1n) is 10.0. The number of anilines is 1. The summed E-state index contributed by atoms with van der Waals surface area (Å²) in [5, 5.41) is 10.4. The summed E-state index contributed by atoms with van der Waals surface area (Å²) in [6.07, 6.45) is 0.515. The molecule has 0 saturated heterocycles. The topological polar surface area (TPSA) is 81.1 Å². The lowest BCUT2D eigenvalue weighted by Gasteiger charge is -2.20. The second-order valence-electron chi connectivity index (χ2n) is 7.12. The number of pyridine rings is 1. The standard InChI is InChI=1S/C25H21FN2O5/c1-31-23-13-20-21(14-24(23)32-2)27-12-11-22(20)33-19-9-7-18(8-10-19)28(25(29)30)15-16-3-5-17(26)6-4-16/h3-14H,15H2,1-2H3,(H,29,30). The third kappa shape index (κ3) is 4.79. The molecule has 0 aliphatic heterocycles. The van der Waals surface area contributed by atoms with Crippen molar-refractivity contribution in [3.8, 4) is 23.0 Å². The zero-order valence-corrected chi connectivity index (χ0v) is 18.0. The third-order valence-electron chi connectivity index (χ3n) is 5.07. The summed E-state index contributed by atoms with van der Waals surface area (Å²) in [6.45, 7) is 0.0897. The lowest BCUT2D eigenvalue weighted by Crippen LogP contribution is -2.28. The van der Waals surface area contributed by atoms with Gasteiger partial charge in [-0.3, -0.25) is 9.88 Å². The number of halogens is 1. The van der Waals surface area contributed by atoms with Crippen LogP contribution in [0.1, 0.15) is 5.56 Å². The molecule has 1 N–H and O–H groups in total. The number of nitrogens with zero attached hydrogens (tertiary/aromatic N) is 2. The first kappa shape index (κ1) is 21.9. The largest absolute Gasteiger partial charge is 0.493 e. The Labute approximate surface area is 189 Å². The van der Waals surface area contributed by atoms with Crippen molar-refractivity contribution in [2.75, 3.05) is 19.1 Å². The van der Waals surface area contributed by atoms with Gasteiger partial charge >= 0.3 is 6.09 Å². The number of rotatable bonds is 7. The summed E-state index contributed by atoms with van der Waals surface area (Å²) in [5.41, 5.74) is 1.81. The molecule has 0 radical (unpaired) electrons. The van der Waals surface area contributed by atoms with Crippen molar-refractivity contribution in [1.29, 1.82) is 0 Å². The predicted molar refractivity (Wildman–Crippen MR) is 122 cm³/mol. The van der Waals surface area contributed by atoms with Crippen molar-refractivity contribution in [1.82, 2.24) is 4.98 Å². The minimum atomic E-state index is -1.12. The summed E-state index contributed by atoms with van der Waals surface area (Å²) >= 11 is 0. The van der Waals surface area contributed by atoms with Crippen LogP contribution in [0, 0.1) is 5.82 Å². The zero-order chi connectivity index (χ0) is 23.4. The number of methoxy groups -OCH3 is 2. The number of aromatic nitrogens is 1. The van der Waals surface area contributed by atoms with Crippen LogP contribution in [0.4, 0.5) is 14.9 Å². The number of benzene rings is 3. The van der Waals surface area contributed by atoms with Crippen molar-refractivity contribution in [2.45, 2.75) is 6.54 Å². The van der Waals surface area contributed by atoms with Gasteiger partial charge in [0, 0.05) is 23.3 Å². The second kappa shape index (κ2) is 9.44. The molecule has 33 heavy (non-hydrogen) atoms. The molecule has 8 heteroatoms. The van der Waals surface area contributed by atoms with Crippen molar-refractivity contribution in [2.24, 2.45) is 0 Å².